The lowest BCUT2D eigenvalue weighted by Gasteiger charge is -2.38. The molecular weight excluding hydrogens is 359 g/mol. The number of halogens is 1. The highest BCUT2D eigenvalue weighted by molar-refractivity contribution is 14.1. The summed E-state index contributed by atoms with van der Waals surface area (Å²) in [5.41, 5.74) is -1.29. The Hall–Kier alpha value is 0.120. The van der Waals surface area contributed by atoms with Gasteiger partial charge in [0.2, 0.25) is 0 Å². The fourth-order valence-electron chi connectivity index (χ4n) is 3.35. The van der Waals surface area contributed by atoms with Gasteiger partial charge in [0.05, 0.1) is 0 Å². The lowest BCUT2D eigenvalue weighted by atomic mass is 9.79. The maximum Gasteiger partial charge on any atom is 0.316 e. The average Bonchev–Trinajstić information content (AvgIpc) is 2.61. The summed E-state index contributed by atoms with van der Waals surface area (Å²) in [5, 5.41) is 18.6. The predicted molar refractivity (Wildman–Crippen MR) is 79.8 cm³/mol. The molecule has 2 aliphatic carbocycles. The van der Waals surface area contributed by atoms with Crippen molar-refractivity contribution in [1.29, 1.82) is 0 Å². The normalized spacial score (nSPS) is 41.9. The third-order valence-corrected chi connectivity index (χ3v) is 7.64. The van der Waals surface area contributed by atoms with Crippen LogP contribution in [-0.2, 0) is 9.53 Å². The topological polar surface area (TPSA) is 66.8 Å². The minimum absolute atomic E-state index is 0.00955. The monoisotopic (exact) mass is 382 g/mol. The Morgan fingerprint density at radius 2 is 2.00 bits per heavy atom. The number of esters is 1. The van der Waals surface area contributed by atoms with Crippen molar-refractivity contribution in [2.75, 3.05) is 0 Å². The quantitative estimate of drug-likeness (QED) is 0.340. The molecule has 2 aliphatic rings. The number of aliphatic hydroxyl groups excluding tert-OH is 1. The lowest BCUT2D eigenvalue weighted by Crippen LogP contribution is -2.45. The fraction of sp³-hybridized carbons (Fsp3) is 0.929. The first kappa shape index (κ1) is 15.5. The van der Waals surface area contributed by atoms with Gasteiger partial charge in [0, 0.05) is 8.84 Å². The third kappa shape index (κ3) is 2.12. The van der Waals surface area contributed by atoms with Crippen LogP contribution in [0.3, 0.4) is 0 Å². The Balaban J connectivity index is 2.13. The van der Waals surface area contributed by atoms with E-state index in [0.717, 1.165) is 12.8 Å². The van der Waals surface area contributed by atoms with Crippen LogP contribution in [0.2, 0.25) is 0 Å². The van der Waals surface area contributed by atoms with Crippen molar-refractivity contribution in [2.24, 2.45) is 16.7 Å². The van der Waals surface area contributed by atoms with E-state index in [9.17, 15) is 15.0 Å². The van der Waals surface area contributed by atoms with Crippen molar-refractivity contribution in [3.8, 4) is 0 Å². The highest BCUT2D eigenvalue weighted by atomic mass is 127. The van der Waals surface area contributed by atoms with Gasteiger partial charge in [-0.2, -0.15) is 0 Å². The smallest absolute Gasteiger partial charge is 0.316 e. The number of hydrogen-bond donors (Lipinski definition) is 2. The van der Waals surface area contributed by atoms with E-state index in [4.69, 9.17) is 4.74 Å². The van der Waals surface area contributed by atoms with E-state index in [1.165, 1.54) is 20.3 Å². The van der Waals surface area contributed by atoms with Crippen molar-refractivity contribution in [3.05, 3.63) is 0 Å². The maximum absolute atomic E-state index is 12.1. The number of carbonyl (C=O) groups is 1. The molecule has 2 N–H and O–H groups in total. The molecule has 0 aromatic rings. The van der Waals surface area contributed by atoms with Gasteiger partial charge in [-0.05, 0) is 46.0 Å². The van der Waals surface area contributed by atoms with Crippen LogP contribution < -0.4 is 0 Å². The zero-order valence-corrected chi connectivity index (χ0v) is 14.1. The van der Waals surface area contributed by atoms with Crippen LogP contribution in [0.4, 0.5) is 0 Å². The predicted octanol–water partition coefficient (Wildman–Crippen LogP) is 2.25. The standard InChI is InChI=1S/C14H23IO4/c1-12(2,10(16)17)11(18)19-9-7-8-5-6-13(9,3)14(8,4)15/h8-10,16-17H,5-7H2,1-4H3. The zero-order chi connectivity index (χ0) is 14.6. The molecule has 0 radical (unpaired) electrons. The van der Waals surface area contributed by atoms with Gasteiger partial charge in [-0.1, -0.05) is 29.5 Å². The summed E-state index contributed by atoms with van der Waals surface area (Å²) in [4.78, 5) is 12.1. The second-order valence-corrected chi connectivity index (χ2v) is 9.19. The fourth-order valence-corrected chi connectivity index (χ4v) is 4.54. The van der Waals surface area contributed by atoms with Crippen molar-refractivity contribution in [1.82, 2.24) is 0 Å². The molecule has 2 bridgehead atoms. The minimum atomic E-state index is -1.70. The van der Waals surface area contributed by atoms with Crippen LogP contribution in [0, 0.1) is 16.7 Å². The molecule has 0 aliphatic heterocycles. The van der Waals surface area contributed by atoms with Gasteiger partial charge in [-0.15, -0.1) is 0 Å². The molecule has 2 rings (SSSR count). The van der Waals surface area contributed by atoms with Gasteiger partial charge in [-0.25, -0.2) is 0 Å². The van der Waals surface area contributed by atoms with E-state index in [0.29, 0.717) is 5.92 Å². The van der Waals surface area contributed by atoms with Crippen LogP contribution in [0.15, 0.2) is 0 Å². The summed E-state index contributed by atoms with van der Waals surface area (Å²) >= 11 is 2.50. The van der Waals surface area contributed by atoms with Gasteiger partial charge in [-0.3, -0.25) is 4.79 Å². The molecule has 0 saturated heterocycles. The first-order valence-electron chi connectivity index (χ1n) is 6.79. The number of rotatable bonds is 3. The van der Waals surface area contributed by atoms with Crippen LogP contribution in [0.25, 0.3) is 0 Å². The number of aliphatic hydroxyl groups is 2. The number of fused-ring (bicyclic) bond motifs is 2. The van der Waals surface area contributed by atoms with Crippen LogP contribution in [-0.4, -0.2) is 32.0 Å². The summed E-state index contributed by atoms with van der Waals surface area (Å²) in [5.74, 6) is 0.0616. The third-order valence-electron chi connectivity index (χ3n) is 5.53. The van der Waals surface area contributed by atoms with Crippen molar-refractivity contribution >= 4 is 28.6 Å². The van der Waals surface area contributed by atoms with Gasteiger partial charge in [0.15, 0.2) is 6.29 Å². The summed E-state index contributed by atoms with van der Waals surface area (Å²) in [7, 11) is 0. The van der Waals surface area contributed by atoms with E-state index in [1.807, 2.05) is 0 Å². The summed E-state index contributed by atoms with van der Waals surface area (Å²) < 4.78 is 5.80. The first-order valence-corrected chi connectivity index (χ1v) is 7.87. The van der Waals surface area contributed by atoms with Gasteiger partial charge in [0.1, 0.15) is 11.5 Å². The molecule has 2 saturated carbocycles. The van der Waals surface area contributed by atoms with E-state index in [2.05, 4.69) is 36.4 Å². The maximum atomic E-state index is 12.1. The van der Waals surface area contributed by atoms with E-state index in [1.54, 1.807) is 0 Å². The summed E-state index contributed by atoms with van der Waals surface area (Å²) in [6.45, 7) is 7.43. The second-order valence-electron chi connectivity index (χ2n) is 6.95. The van der Waals surface area contributed by atoms with E-state index in [-0.39, 0.29) is 14.9 Å². The lowest BCUT2D eigenvalue weighted by molar-refractivity contribution is -0.190. The molecule has 0 aromatic carbocycles. The molecule has 0 aromatic heterocycles. The van der Waals surface area contributed by atoms with Crippen LogP contribution in [0.1, 0.15) is 47.0 Å². The van der Waals surface area contributed by atoms with E-state index < -0.39 is 17.7 Å². The largest absolute Gasteiger partial charge is 0.461 e. The van der Waals surface area contributed by atoms with E-state index >= 15 is 0 Å². The number of ether oxygens (including phenoxy) is 1. The van der Waals surface area contributed by atoms with Crippen molar-refractivity contribution in [3.63, 3.8) is 0 Å². The molecule has 0 amide bonds. The van der Waals surface area contributed by atoms with Gasteiger partial charge >= 0.3 is 5.97 Å². The molecular formula is C14H23IO4. The Bertz CT molecular complexity index is 391. The second kappa shape index (κ2) is 4.56. The Morgan fingerprint density at radius 3 is 2.37 bits per heavy atom. The van der Waals surface area contributed by atoms with Gasteiger partial charge < -0.3 is 14.9 Å². The zero-order valence-electron chi connectivity index (χ0n) is 11.9. The number of carbonyl (C=O) groups excluding carboxylic acids is 1. The van der Waals surface area contributed by atoms with Crippen LogP contribution in [0.5, 0.6) is 0 Å². The van der Waals surface area contributed by atoms with Crippen molar-refractivity contribution in [2.45, 2.75) is 62.8 Å². The number of hydrogen-bond acceptors (Lipinski definition) is 4. The molecule has 110 valence electrons. The molecule has 4 nitrogen and oxygen atoms in total. The first-order chi connectivity index (χ1) is 8.53. The molecule has 0 spiro atoms. The minimum Gasteiger partial charge on any atom is -0.461 e. The molecule has 5 heteroatoms. The van der Waals surface area contributed by atoms with Crippen LogP contribution >= 0.6 is 22.6 Å². The van der Waals surface area contributed by atoms with Crippen molar-refractivity contribution < 1.29 is 19.7 Å². The summed E-state index contributed by atoms with van der Waals surface area (Å²) in [6, 6.07) is 0. The van der Waals surface area contributed by atoms with Gasteiger partial charge in [0.25, 0.3) is 0 Å². The highest BCUT2D eigenvalue weighted by Crippen LogP contribution is 2.65. The summed E-state index contributed by atoms with van der Waals surface area (Å²) in [6.07, 6.45) is 1.34. The SMILES string of the molecule is CC(C)(C(=O)OC1CC2CCC1(C)C2(C)I)C(O)O. The Morgan fingerprint density at radius 1 is 1.42 bits per heavy atom. The molecule has 19 heavy (non-hydrogen) atoms. The highest BCUT2D eigenvalue weighted by Gasteiger charge is 2.64. The average molecular weight is 382 g/mol. The molecule has 4 unspecified atom stereocenters. The Labute approximate surface area is 128 Å². The number of alkyl halides is 1. The molecule has 4 atom stereocenters. The molecule has 2 fully saturated rings. The molecule has 0 heterocycles. The Kier molecular flexibility index (Phi) is 3.72.